The molecule has 100 valence electrons. The third-order valence-corrected chi connectivity index (χ3v) is 3.55. The summed E-state index contributed by atoms with van der Waals surface area (Å²) in [5.74, 6) is 0.343. The molecule has 2 atom stereocenters. The molecule has 2 aliphatic heterocycles. The molecule has 5 nitrogen and oxygen atoms in total. The molecule has 0 amide bonds. The molecule has 0 fully saturated rings. The van der Waals surface area contributed by atoms with Gasteiger partial charge < -0.3 is 21.5 Å². The Morgan fingerprint density at radius 2 is 2.11 bits per heavy atom. The lowest BCUT2D eigenvalue weighted by Gasteiger charge is -2.38. The number of nitrogens with one attached hydrogen (secondary N) is 1. The zero-order valence-corrected chi connectivity index (χ0v) is 10.9. The summed E-state index contributed by atoms with van der Waals surface area (Å²) in [6.07, 6.45) is 0.622. The summed E-state index contributed by atoms with van der Waals surface area (Å²) in [6, 6.07) is 10.1. The van der Waals surface area contributed by atoms with Gasteiger partial charge in [-0.15, -0.1) is 0 Å². The van der Waals surface area contributed by atoms with Gasteiger partial charge in [-0.3, -0.25) is 0 Å². The smallest absolute Gasteiger partial charge is 0.195 e. The highest BCUT2D eigenvalue weighted by Crippen LogP contribution is 2.37. The first kappa shape index (κ1) is 12.2. The summed E-state index contributed by atoms with van der Waals surface area (Å²) in [6.45, 7) is 2.52. The van der Waals surface area contributed by atoms with Crippen molar-refractivity contribution in [3.05, 3.63) is 47.2 Å². The molecule has 0 aliphatic carbocycles. The van der Waals surface area contributed by atoms with Crippen molar-refractivity contribution >= 4 is 5.96 Å². The number of guanidine groups is 1. The van der Waals surface area contributed by atoms with Crippen molar-refractivity contribution in [1.29, 1.82) is 0 Å². The molecule has 0 spiro atoms. The van der Waals surface area contributed by atoms with E-state index in [9.17, 15) is 0 Å². The second kappa shape index (κ2) is 4.36. The van der Waals surface area contributed by atoms with Crippen LogP contribution in [0.5, 0.6) is 0 Å². The molecule has 0 saturated carbocycles. The fourth-order valence-electron chi connectivity index (χ4n) is 2.70. The van der Waals surface area contributed by atoms with Gasteiger partial charge in [0, 0.05) is 0 Å². The van der Waals surface area contributed by atoms with Gasteiger partial charge in [0.2, 0.25) is 0 Å². The van der Waals surface area contributed by atoms with E-state index in [4.69, 9.17) is 16.2 Å². The molecule has 0 bridgehead atoms. The molecule has 2 aliphatic rings. The van der Waals surface area contributed by atoms with Gasteiger partial charge in [0.1, 0.15) is 11.8 Å². The molecular formula is C14H18N4O. The van der Waals surface area contributed by atoms with E-state index in [1.54, 1.807) is 0 Å². The van der Waals surface area contributed by atoms with Crippen molar-refractivity contribution in [3.8, 4) is 0 Å². The van der Waals surface area contributed by atoms with E-state index in [1.807, 2.05) is 37.3 Å². The number of aliphatic imine (C=N–C) groups is 1. The Bertz CT molecular complexity index is 548. The molecule has 5 N–H and O–H groups in total. The normalized spacial score (nSPS) is 30.4. The maximum Gasteiger partial charge on any atom is 0.195 e. The van der Waals surface area contributed by atoms with Gasteiger partial charge in [-0.2, -0.15) is 0 Å². The Kier molecular flexibility index (Phi) is 2.80. The summed E-state index contributed by atoms with van der Waals surface area (Å²) in [5.41, 5.74) is 14.4. The Morgan fingerprint density at radius 3 is 2.84 bits per heavy atom. The first-order chi connectivity index (χ1) is 9.08. The molecular weight excluding hydrogens is 240 g/mol. The predicted molar refractivity (Wildman–Crippen MR) is 74.1 cm³/mol. The highest BCUT2D eigenvalue weighted by Gasteiger charge is 2.37. The molecule has 1 aromatic carbocycles. The fourth-order valence-corrected chi connectivity index (χ4v) is 2.70. The average Bonchev–Trinajstić information content (AvgIpc) is 2.38. The zero-order valence-electron chi connectivity index (χ0n) is 10.9. The number of benzene rings is 1. The van der Waals surface area contributed by atoms with E-state index in [1.165, 1.54) is 0 Å². The quantitative estimate of drug-likeness (QED) is 0.701. The van der Waals surface area contributed by atoms with Crippen LogP contribution in [0.2, 0.25) is 0 Å². The van der Waals surface area contributed by atoms with E-state index in [-0.39, 0.29) is 6.10 Å². The van der Waals surface area contributed by atoms with Gasteiger partial charge in [-0.25, -0.2) is 4.99 Å². The number of ether oxygens (including phenoxy) is 1. The minimum atomic E-state index is -0.749. The monoisotopic (exact) mass is 258 g/mol. The second-order valence-electron chi connectivity index (χ2n) is 5.07. The Morgan fingerprint density at radius 1 is 1.37 bits per heavy atom. The van der Waals surface area contributed by atoms with Crippen LogP contribution in [0.1, 0.15) is 25.0 Å². The van der Waals surface area contributed by atoms with Crippen LogP contribution in [-0.2, 0) is 4.74 Å². The van der Waals surface area contributed by atoms with Crippen LogP contribution >= 0.6 is 0 Å². The van der Waals surface area contributed by atoms with Gasteiger partial charge in [0.25, 0.3) is 0 Å². The fraction of sp³-hybridized carbons (Fsp3) is 0.357. The van der Waals surface area contributed by atoms with Crippen molar-refractivity contribution in [2.75, 3.05) is 6.61 Å². The van der Waals surface area contributed by atoms with Crippen LogP contribution in [0.15, 0.2) is 46.6 Å². The van der Waals surface area contributed by atoms with Gasteiger partial charge in [-0.1, -0.05) is 30.3 Å². The van der Waals surface area contributed by atoms with Crippen molar-refractivity contribution in [2.24, 2.45) is 16.5 Å². The van der Waals surface area contributed by atoms with E-state index >= 15 is 0 Å². The first-order valence-electron chi connectivity index (χ1n) is 6.39. The minimum Gasteiger partial charge on any atom is -0.370 e. The lowest BCUT2D eigenvalue weighted by Crippen LogP contribution is -2.51. The number of hydrogen-bond donors (Lipinski definition) is 3. The molecule has 2 unspecified atom stereocenters. The standard InChI is InChI=1S/C14H18N4O/c1-14(16)10-7-8-19-12(9-5-3-2-4-6-9)11(10)17-13(15)18-14/h2-6,12H,7-8,16H2,1H3,(H3,15,17,18). The SMILES string of the molecule is CC1(N)N=C(N)NC2=C1CCOC2c1ccccc1. The number of hydrogen-bond acceptors (Lipinski definition) is 5. The lowest BCUT2D eigenvalue weighted by molar-refractivity contribution is 0.0589. The summed E-state index contributed by atoms with van der Waals surface area (Å²) >= 11 is 0. The highest BCUT2D eigenvalue weighted by atomic mass is 16.5. The largest absolute Gasteiger partial charge is 0.370 e. The van der Waals surface area contributed by atoms with E-state index in [2.05, 4.69) is 10.3 Å². The second-order valence-corrected chi connectivity index (χ2v) is 5.07. The Balaban J connectivity index is 2.05. The molecule has 19 heavy (non-hydrogen) atoms. The maximum atomic E-state index is 6.24. The summed E-state index contributed by atoms with van der Waals surface area (Å²) < 4.78 is 5.89. The van der Waals surface area contributed by atoms with Gasteiger partial charge >= 0.3 is 0 Å². The zero-order chi connectivity index (χ0) is 13.5. The van der Waals surface area contributed by atoms with Crippen LogP contribution in [0.25, 0.3) is 0 Å². The van der Waals surface area contributed by atoms with Crippen LogP contribution in [0.3, 0.4) is 0 Å². The van der Waals surface area contributed by atoms with E-state index in [0.29, 0.717) is 12.6 Å². The van der Waals surface area contributed by atoms with Gasteiger partial charge in [0.15, 0.2) is 5.96 Å². The molecule has 2 heterocycles. The number of nitrogens with two attached hydrogens (primary N) is 2. The van der Waals surface area contributed by atoms with Crippen molar-refractivity contribution < 1.29 is 4.74 Å². The minimum absolute atomic E-state index is 0.151. The summed E-state index contributed by atoms with van der Waals surface area (Å²) in [4.78, 5) is 4.27. The molecule has 5 heteroatoms. The maximum absolute atomic E-state index is 6.24. The van der Waals surface area contributed by atoms with Crippen LogP contribution in [-0.4, -0.2) is 18.2 Å². The lowest BCUT2D eigenvalue weighted by atomic mass is 9.90. The Hall–Kier alpha value is -1.85. The van der Waals surface area contributed by atoms with E-state index in [0.717, 1.165) is 23.3 Å². The van der Waals surface area contributed by atoms with Gasteiger partial charge in [0.05, 0.1) is 12.3 Å². The molecule has 3 rings (SSSR count). The van der Waals surface area contributed by atoms with E-state index < -0.39 is 5.66 Å². The Labute approximate surface area is 112 Å². The number of rotatable bonds is 1. The van der Waals surface area contributed by atoms with Crippen LogP contribution in [0.4, 0.5) is 0 Å². The highest BCUT2D eigenvalue weighted by molar-refractivity contribution is 5.82. The van der Waals surface area contributed by atoms with Crippen molar-refractivity contribution in [3.63, 3.8) is 0 Å². The van der Waals surface area contributed by atoms with Crippen LogP contribution < -0.4 is 16.8 Å². The topological polar surface area (TPSA) is 85.7 Å². The van der Waals surface area contributed by atoms with Crippen molar-refractivity contribution in [2.45, 2.75) is 25.1 Å². The third-order valence-electron chi connectivity index (χ3n) is 3.55. The molecule has 1 aromatic rings. The average molecular weight is 258 g/mol. The summed E-state index contributed by atoms with van der Waals surface area (Å²) in [7, 11) is 0. The molecule has 0 aromatic heterocycles. The predicted octanol–water partition coefficient (Wildman–Crippen LogP) is 0.995. The third kappa shape index (κ3) is 2.11. The molecule has 0 radical (unpaired) electrons. The number of nitrogens with zero attached hydrogens (tertiary/aromatic N) is 1. The first-order valence-corrected chi connectivity index (χ1v) is 6.39. The summed E-state index contributed by atoms with van der Waals surface area (Å²) in [5, 5.41) is 3.12. The molecule has 0 saturated heterocycles. The van der Waals surface area contributed by atoms with Crippen LogP contribution in [0, 0.1) is 0 Å². The van der Waals surface area contributed by atoms with Crippen molar-refractivity contribution in [1.82, 2.24) is 5.32 Å². The van der Waals surface area contributed by atoms with Gasteiger partial charge in [-0.05, 0) is 24.5 Å².